The minimum Gasteiger partial charge on any atom is -0.435 e. The zero-order valence-electron chi connectivity index (χ0n) is 13.9. The highest BCUT2D eigenvalue weighted by Gasteiger charge is 2.21. The Hall–Kier alpha value is -2.63. The molecule has 1 aliphatic heterocycles. The van der Waals surface area contributed by atoms with Crippen molar-refractivity contribution in [2.75, 3.05) is 6.54 Å². The summed E-state index contributed by atoms with van der Waals surface area (Å²) in [6.45, 7) is 0.288. The number of ether oxygens (including phenoxy) is 1. The fourth-order valence-electron chi connectivity index (χ4n) is 2.97. The molecule has 1 atom stereocenters. The lowest BCUT2D eigenvalue weighted by molar-refractivity contribution is -0.0498. The van der Waals surface area contributed by atoms with Gasteiger partial charge >= 0.3 is 12.6 Å². The van der Waals surface area contributed by atoms with Crippen LogP contribution in [0.3, 0.4) is 0 Å². The largest absolute Gasteiger partial charge is 0.435 e. The molecule has 0 spiro atoms. The number of nitrogens with zero attached hydrogens (tertiary/aromatic N) is 1. The molecule has 0 saturated carbocycles. The highest BCUT2D eigenvalue weighted by atomic mass is 19.3. The van der Waals surface area contributed by atoms with E-state index in [1.165, 1.54) is 23.3 Å². The highest BCUT2D eigenvalue weighted by molar-refractivity contribution is 5.75. The summed E-state index contributed by atoms with van der Waals surface area (Å²) < 4.78 is 28.7. The van der Waals surface area contributed by atoms with Crippen LogP contribution in [-0.4, -0.2) is 24.1 Å². The van der Waals surface area contributed by atoms with E-state index in [0.29, 0.717) is 13.1 Å². The van der Waals surface area contributed by atoms with Gasteiger partial charge in [0.2, 0.25) is 0 Å². The van der Waals surface area contributed by atoms with E-state index < -0.39 is 6.61 Å². The third kappa shape index (κ3) is 4.26. The SMILES string of the molecule is CC(NC(=O)N1CCc2ccccc2C1)c1ccc(OC(F)F)cc1. The van der Waals surface area contributed by atoms with Gasteiger partial charge in [0, 0.05) is 13.1 Å². The van der Waals surface area contributed by atoms with Crippen LogP contribution < -0.4 is 10.1 Å². The van der Waals surface area contributed by atoms with Crippen LogP contribution in [0, 0.1) is 0 Å². The van der Waals surface area contributed by atoms with Crippen LogP contribution in [0.5, 0.6) is 5.75 Å². The van der Waals surface area contributed by atoms with Crippen molar-refractivity contribution in [2.45, 2.75) is 32.5 Å². The van der Waals surface area contributed by atoms with Gasteiger partial charge in [-0.2, -0.15) is 8.78 Å². The predicted octanol–water partition coefficient (Wildman–Crippen LogP) is 4.12. The highest BCUT2D eigenvalue weighted by Crippen LogP contribution is 2.21. The zero-order chi connectivity index (χ0) is 17.8. The Morgan fingerprint density at radius 1 is 1.12 bits per heavy atom. The van der Waals surface area contributed by atoms with Gasteiger partial charge in [0.05, 0.1) is 6.04 Å². The number of carbonyl (C=O) groups is 1. The Kier molecular flexibility index (Phi) is 5.16. The first-order valence-electron chi connectivity index (χ1n) is 8.20. The molecule has 1 unspecified atom stereocenters. The third-order valence-electron chi connectivity index (χ3n) is 4.36. The van der Waals surface area contributed by atoms with E-state index in [2.05, 4.69) is 16.1 Å². The number of rotatable bonds is 4. The number of nitrogens with one attached hydrogen (secondary N) is 1. The molecule has 1 N–H and O–H groups in total. The van der Waals surface area contributed by atoms with Crippen LogP contribution in [-0.2, 0) is 13.0 Å². The molecule has 3 rings (SSSR count). The monoisotopic (exact) mass is 346 g/mol. The molecule has 6 heteroatoms. The summed E-state index contributed by atoms with van der Waals surface area (Å²) in [5, 5.41) is 2.95. The molecule has 0 bridgehead atoms. The number of amides is 2. The maximum Gasteiger partial charge on any atom is 0.387 e. The summed E-state index contributed by atoms with van der Waals surface area (Å²) in [5.41, 5.74) is 3.28. The van der Waals surface area contributed by atoms with Crippen molar-refractivity contribution in [3.8, 4) is 5.75 Å². The second kappa shape index (κ2) is 7.51. The van der Waals surface area contributed by atoms with Gasteiger partial charge in [-0.05, 0) is 42.2 Å². The summed E-state index contributed by atoms with van der Waals surface area (Å²) in [7, 11) is 0. The molecule has 2 amide bonds. The van der Waals surface area contributed by atoms with E-state index in [0.717, 1.165) is 12.0 Å². The number of halogens is 2. The van der Waals surface area contributed by atoms with E-state index >= 15 is 0 Å². The molecule has 0 saturated heterocycles. The minimum absolute atomic E-state index is 0.102. The lowest BCUT2D eigenvalue weighted by atomic mass is 10.0. The molecule has 1 heterocycles. The summed E-state index contributed by atoms with van der Waals surface area (Å²) >= 11 is 0. The van der Waals surface area contributed by atoms with Gasteiger partial charge in [0.25, 0.3) is 0 Å². The summed E-state index contributed by atoms with van der Waals surface area (Å²) in [6.07, 6.45) is 0.845. The standard InChI is InChI=1S/C19H20F2N2O2/c1-13(14-6-8-17(9-7-14)25-18(20)21)22-19(24)23-11-10-15-4-2-3-5-16(15)12-23/h2-9,13,18H,10-12H2,1H3,(H,22,24). The predicted molar refractivity (Wildman–Crippen MR) is 90.6 cm³/mol. The summed E-state index contributed by atoms with van der Waals surface area (Å²) in [6, 6.07) is 14.1. The second-order valence-electron chi connectivity index (χ2n) is 6.06. The number of urea groups is 1. The van der Waals surface area contributed by atoms with Crippen LogP contribution in [0.2, 0.25) is 0 Å². The average Bonchev–Trinajstić information content (AvgIpc) is 2.61. The molecular formula is C19H20F2N2O2. The molecule has 0 fully saturated rings. The lowest BCUT2D eigenvalue weighted by Gasteiger charge is -2.30. The Bertz CT molecular complexity index is 734. The molecule has 2 aromatic carbocycles. The first-order chi connectivity index (χ1) is 12.0. The van der Waals surface area contributed by atoms with Gasteiger partial charge in [0.1, 0.15) is 5.75 Å². The van der Waals surface area contributed by atoms with Gasteiger partial charge in [-0.15, -0.1) is 0 Å². The zero-order valence-corrected chi connectivity index (χ0v) is 13.9. The number of hydrogen-bond acceptors (Lipinski definition) is 2. The van der Waals surface area contributed by atoms with Gasteiger partial charge in [0.15, 0.2) is 0 Å². The molecule has 1 aliphatic rings. The number of alkyl halides is 2. The van der Waals surface area contributed by atoms with E-state index in [1.54, 1.807) is 17.0 Å². The Labute approximate surface area is 145 Å². The normalized spacial score (nSPS) is 14.8. The molecule has 0 radical (unpaired) electrons. The number of carbonyl (C=O) groups excluding carboxylic acids is 1. The van der Waals surface area contributed by atoms with Gasteiger partial charge < -0.3 is 15.0 Å². The van der Waals surface area contributed by atoms with Crippen molar-refractivity contribution in [1.82, 2.24) is 10.2 Å². The minimum atomic E-state index is -2.84. The maximum absolute atomic E-state index is 12.5. The second-order valence-corrected chi connectivity index (χ2v) is 6.06. The van der Waals surface area contributed by atoms with Crippen molar-refractivity contribution in [3.63, 3.8) is 0 Å². The summed E-state index contributed by atoms with van der Waals surface area (Å²) in [5.74, 6) is 0.102. The van der Waals surface area contributed by atoms with E-state index in [9.17, 15) is 13.6 Å². The Morgan fingerprint density at radius 3 is 2.48 bits per heavy atom. The smallest absolute Gasteiger partial charge is 0.387 e. The van der Waals surface area contributed by atoms with E-state index in [1.807, 2.05) is 25.1 Å². The van der Waals surface area contributed by atoms with Gasteiger partial charge in [-0.3, -0.25) is 0 Å². The molecule has 0 aliphatic carbocycles. The van der Waals surface area contributed by atoms with Crippen LogP contribution in [0.25, 0.3) is 0 Å². The first kappa shape index (κ1) is 17.2. The Balaban J connectivity index is 1.59. The number of hydrogen-bond donors (Lipinski definition) is 1. The quantitative estimate of drug-likeness (QED) is 0.905. The average molecular weight is 346 g/mol. The van der Waals surface area contributed by atoms with E-state index in [-0.39, 0.29) is 17.8 Å². The van der Waals surface area contributed by atoms with E-state index in [4.69, 9.17) is 0 Å². The lowest BCUT2D eigenvalue weighted by Crippen LogP contribution is -2.43. The molecule has 25 heavy (non-hydrogen) atoms. The van der Waals surface area contributed by atoms with Crippen molar-refractivity contribution < 1.29 is 18.3 Å². The maximum atomic E-state index is 12.5. The molecular weight excluding hydrogens is 326 g/mol. The number of benzene rings is 2. The van der Waals surface area contributed by atoms with Crippen molar-refractivity contribution in [2.24, 2.45) is 0 Å². The van der Waals surface area contributed by atoms with Gasteiger partial charge in [-0.25, -0.2) is 4.79 Å². The van der Waals surface area contributed by atoms with Crippen LogP contribution in [0.4, 0.5) is 13.6 Å². The van der Waals surface area contributed by atoms with Crippen LogP contribution in [0.1, 0.15) is 29.7 Å². The Morgan fingerprint density at radius 2 is 1.80 bits per heavy atom. The van der Waals surface area contributed by atoms with Crippen molar-refractivity contribution >= 4 is 6.03 Å². The fourth-order valence-corrected chi connectivity index (χ4v) is 2.97. The summed E-state index contributed by atoms with van der Waals surface area (Å²) in [4.78, 5) is 14.3. The van der Waals surface area contributed by atoms with Crippen LogP contribution in [0.15, 0.2) is 48.5 Å². The molecule has 4 nitrogen and oxygen atoms in total. The molecule has 0 aromatic heterocycles. The van der Waals surface area contributed by atoms with Crippen LogP contribution >= 0.6 is 0 Å². The number of fused-ring (bicyclic) bond motifs is 1. The third-order valence-corrected chi connectivity index (χ3v) is 4.36. The fraction of sp³-hybridized carbons (Fsp3) is 0.316. The first-order valence-corrected chi connectivity index (χ1v) is 8.20. The molecule has 2 aromatic rings. The van der Waals surface area contributed by atoms with Crippen molar-refractivity contribution in [1.29, 1.82) is 0 Å². The topological polar surface area (TPSA) is 41.6 Å². The van der Waals surface area contributed by atoms with Gasteiger partial charge in [-0.1, -0.05) is 36.4 Å². The van der Waals surface area contributed by atoms with Crippen molar-refractivity contribution in [3.05, 3.63) is 65.2 Å². The molecule has 132 valence electrons.